The summed E-state index contributed by atoms with van der Waals surface area (Å²) in [6.45, 7) is 7.13. The zero-order chi connectivity index (χ0) is 27.4. The summed E-state index contributed by atoms with van der Waals surface area (Å²) < 4.78 is 14.8. The standard InChI is InChI=1S/C29H31FN6O2/c1-17-11-23(30)26(36-28(38)33-10-8-29(3,4)16-31)15-22(17)21-12-24(19-5-6-19)35-25(13-21)20-7-9-32-27(14-20)34-18(2)37/h7,9,11-15,19H,5-6,8,10H2,1-4H3,(H,32,34,37)(H2,33,36,38). The van der Waals surface area contributed by atoms with E-state index < -0.39 is 17.3 Å². The number of hydrogen-bond acceptors (Lipinski definition) is 5. The summed E-state index contributed by atoms with van der Waals surface area (Å²) in [5, 5.41) is 17.1. The summed E-state index contributed by atoms with van der Waals surface area (Å²) in [4.78, 5) is 33.0. The van der Waals surface area contributed by atoms with Crippen molar-refractivity contribution in [2.75, 3.05) is 17.2 Å². The van der Waals surface area contributed by atoms with E-state index in [2.05, 4.69) is 27.0 Å². The Morgan fingerprint density at radius 3 is 2.58 bits per heavy atom. The second kappa shape index (κ2) is 11.0. The van der Waals surface area contributed by atoms with Crippen molar-refractivity contribution >= 4 is 23.4 Å². The van der Waals surface area contributed by atoms with Crippen LogP contribution in [0.2, 0.25) is 0 Å². The van der Waals surface area contributed by atoms with Crippen LogP contribution in [-0.2, 0) is 4.79 Å². The number of hydrogen-bond donors (Lipinski definition) is 3. The number of halogens is 1. The van der Waals surface area contributed by atoms with Crippen LogP contribution in [0, 0.1) is 29.5 Å². The maximum absolute atomic E-state index is 14.8. The van der Waals surface area contributed by atoms with Gasteiger partial charge in [0.25, 0.3) is 0 Å². The van der Waals surface area contributed by atoms with E-state index in [-0.39, 0.29) is 18.1 Å². The molecule has 3 N–H and O–H groups in total. The van der Waals surface area contributed by atoms with Gasteiger partial charge >= 0.3 is 6.03 Å². The summed E-state index contributed by atoms with van der Waals surface area (Å²) >= 11 is 0. The van der Waals surface area contributed by atoms with Crippen molar-refractivity contribution in [1.82, 2.24) is 15.3 Å². The minimum atomic E-state index is -0.564. The first-order chi connectivity index (χ1) is 18.0. The van der Waals surface area contributed by atoms with Gasteiger partial charge in [0, 0.05) is 36.8 Å². The number of amides is 3. The third-order valence-corrected chi connectivity index (χ3v) is 6.41. The van der Waals surface area contributed by atoms with Gasteiger partial charge in [0.2, 0.25) is 5.91 Å². The molecular formula is C29H31FN6O2. The third kappa shape index (κ3) is 6.71. The van der Waals surface area contributed by atoms with E-state index in [4.69, 9.17) is 10.2 Å². The number of urea groups is 1. The molecule has 9 heteroatoms. The van der Waals surface area contributed by atoms with Crippen LogP contribution in [0.1, 0.15) is 57.2 Å². The highest BCUT2D eigenvalue weighted by molar-refractivity contribution is 5.91. The van der Waals surface area contributed by atoms with Crippen molar-refractivity contribution < 1.29 is 14.0 Å². The van der Waals surface area contributed by atoms with Crippen molar-refractivity contribution in [3.8, 4) is 28.5 Å². The highest BCUT2D eigenvalue weighted by Crippen LogP contribution is 2.42. The van der Waals surface area contributed by atoms with Crippen LogP contribution >= 0.6 is 0 Å². The van der Waals surface area contributed by atoms with E-state index in [0.29, 0.717) is 18.2 Å². The minimum absolute atomic E-state index is 0.0610. The third-order valence-electron chi connectivity index (χ3n) is 6.41. The lowest BCUT2D eigenvalue weighted by Crippen LogP contribution is -2.32. The van der Waals surface area contributed by atoms with Crippen LogP contribution in [0.5, 0.6) is 0 Å². The highest BCUT2D eigenvalue weighted by Gasteiger charge is 2.26. The molecule has 1 fully saturated rings. The normalized spacial score (nSPS) is 12.9. The van der Waals surface area contributed by atoms with Crippen LogP contribution in [0.25, 0.3) is 22.4 Å². The Morgan fingerprint density at radius 1 is 1.13 bits per heavy atom. The number of rotatable bonds is 8. The van der Waals surface area contributed by atoms with E-state index in [1.165, 1.54) is 13.0 Å². The molecule has 1 saturated carbocycles. The maximum Gasteiger partial charge on any atom is 0.319 e. The van der Waals surface area contributed by atoms with Gasteiger partial charge in [-0.3, -0.25) is 9.78 Å². The Kier molecular flexibility index (Phi) is 7.72. The fourth-order valence-electron chi connectivity index (χ4n) is 4.07. The Bertz CT molecular complexity index is 1430. The predicted octanol–water partition coefficient (Wildman–Crippen LogP) is 6.16. The second-order valence-corrected chi connectivity index (χ2v) is 10.3. The largest absolute Gasteiger partial charge is 0.338 e. The molecule has 0 aliphatic heterocycles. The molecule has 0 spiro atoms. The van der Waals surface area contributed by atoms with Gasteiger partial charge in [0.15, 0.2) is 0 Å². The molecule has 2 aromatic heterocycles. The first-order valence-electron chi connectivity index (χ1n) is 12.6. The predicted molar refractivity (Wildman–Crippen MR) is 145 cm³/mol. The van der Waals surface area contributed by atoms with Crippen LogP contribution in [0.15, 0.2) is 42.6 Å². The molecule has 0 unspecified atom stereocenters. The smallest absolute Gasteiger partial charge is 0.319 e. The van der Waals surface area contributed by atoms with Crippen molar-refractivity contribution in [2.45, 2.75) is 52.9 Å². The van der Waals surface area contributed by atoms with Crippen LogP contribution in [0.3, 0.4) is 0 Å². The molecule has 1 aromatic carbocycles. The summed E-state index contributed by atoms with van der Waals surface area (Å²) in [7, 11) is 0. The van der Waals surface area contributed by atoms with Gasteiger partial charge in [0.1, 0.15) is 11.6 Å². The average molecular weight is 515 g/mol. The van der Waals surface area contributed by atoms with E-state index in [0.717, 1.165) is 46.5 Å². The number of aromatic nitrogens is 2. The molecule has 0 radical (unpaired) electrons. The SMILES string of the molecule is CC(=O)Nc1cc(-c2cc(-c3cc(NC(=O)NCCC(C)(C)C#N)c(F)cc3C)cc(C3CC3)n2)ccn1. The molecule has 3 aromatic rings. The number of carbonyl (C=O) groups is 2. The van der Waals surface area contributed by atoms with Gasteiger partial charge in [-0.15, -0.1) is 0 Å². The number of nitrogens with zero attached hydrogens (tertiary/aromatic N) is 3. The fraction of sp³-hybridized carbons (Fsp3) is 0.345. The van der Waals surface area contributed by atoms with Crippen molar-refractivity contribution in [1.29, 1.82) is 5.26 Å². The van der Waals surface area contributed by atoms with Crippen molar-refractivity contribution in [2.24, 2.45) is 5.41 Å². The Balaban J connectivity index is 1.64. The number of aryl methyl sites for hydroxylation is 1. The van der Waals surface area contributed by atoms with Gasteiger partial charge in [-0.1, -0.05) is 0 Å². The molecule has 38 heavy (non-hydrogen) atoms. The molecule has 1 aliphatic rings. The van der Waals surface area contributed by atoms with Gasteiger partial charge in [-0.25, -0.2) is 14.2 Å². The van der Waals surface area contributed by atoms with E-state index in [1.54, 1.807) is 32.2 Å². The summed E-state index contributed by atoms with van der Waals surface area (Å²) in [5.74, 6) is 0.0512. The first kappa shape index (κ1) is 26.7. The Hall–Kier alpha value is -4.32. The number of benzene rings is 1. The monoisotopic (exact) mass is 514 g/mol. The summed E-state index contributed by atoms with van der Waals surface area (Å²) in [6, 6.07) is 12.2. The highest BCUT2D eigenvalue weighted by atomic mass is 19.1. The minimum Gasteiger partial charge on any atom is -0.338 e. The zero-order valence-corrected chi connectivity index (χ0v) is 22.0. The topological polar surface area (TPSA) is 120 Å². The number of anilines is 2. The number of nitriles is 1. The molecule has 4 rings (SSSR count). The average Bonchev–Trinajstić information content (AvgIpc) is 3.71. The van der Waals surface area contributed by atoms with Gasteiger partial charge < -0.3 is 16.0 Å². The Morgan fingerprint density at radius 2 is 1.89 bits per heavy atom. The van der Waals surface area contributed by atoms with Gasteiger partial charge in [0.05, 0.1) is 22.9 Å². The molecule has 0 saturated heterocycles. The maximum atomic E-state index is 14.8. The molecule has 2 heterocycles. The molecule has 0 atom stereocenters. The molecule has 196 valence electrons. The van der Waals surface area contributed by atoms with Crippen LogP contribution in [-0.4, -0.2) is 28.5 Å². The lowest BCUT2D eigenvalue weighted by Gasteiger charge is -2.16. The zero-order valence-electron chi connectivity index (χ0n) is 22.0. The Labute approximate surface area is 221 Å². The number of nitrogens with one attached hydrogen (secondary N) is 3. The quantitative estimate of drug-likeness (QED) is 0.333. The lowest BCUT2D eigenvalue weighted by molar-refractivity contribution is -0.114. The van der Waals surface area contributed by atoms with Gasteiger partial charge in [-0.05, 0) is 93.1 Å². The molecule has 8 nitrogen and oxygen atoms in total. The number of carbonyl (C=O) groups excluding carboxylic acids is 2. The summed E-state index contributed by atoms with van der Waals surface area (Å²) in [5.41, 5.74) is 4.31. The van der Waals surface area contributed by atoms with E-state index in [1.807, 2.05) is 25.1 Å². The molecule has 1 aliphatic carbocycles. The van der Waals surface area contributed by atoms with E-state index >= 15 is 0 Å². The van der Waals surface area contributed by atoms with Crippen LogP contribution in [0.4, 0.5) is 20.7 Å². The van der Waals surface area contributed by atoms with Gasteiger partial charge in [-0.2, -0.15) is 5.26 Å². The number of pyridine rings is 2. The van der Waals surface area contributed by atoms with E-state index in [9.17, 15) is 14.0 Å². The van der Waals surface area contributed by atoms with Crippen molar-refractivity contribution in [3.63, 3.8) is 0 Å². The molecule has 0 bridgehead atoms. The summed E-state index contributed by atoms with van der Waals surface area (Å²) in [6.07, 6.45) is 4.21. The molecular weight excluding hydrogens is 483 g/mol. The van der Waals surface area contributed by atoms with Crippen LogP contribution < -0.4 is 16.0 Å². The van der Waals surface area contributed by atoms with Crippen molar-refractivity contribution in [3.05, 3.63) is 59.7 Å². The second-order valence-electron chi connectivity index (χ2n) is 10.3. The lowest BCUT2D eigenvalue weighted by atomic mass is 9.92. The fourth-order valence-corrected chi connectivity index (χ4v) is 4.07. The molecule has 3 amide bonds. The first-order valence-corrected chi connectivity index (χ1v) is 12.6.